The van der Waals surface area contributed by atoms with Gasteiger partial charge >= 0.3 is 11.9 Å². The number of likely N-dealkylation sites (N-methyl/N-ethyl adjacent to an activating group) is 1. The molecule has 3 rings (SSSR count). The van der Waals surface area contributed by atoms with Gasteiger partial charge in [-0.15, -0.1) is 0 Å². The molecule has 0 aliphatic carbocycles. The van der Waals surface area contributed by atoms with Gasteiger partial charge in [0.15, 0.2) is 5.76 Å². The third-order valence-electron chi connectivity index (χ3n) is 4.08. The van der Waals surface area contributed by atoms with Crippen LogP contribution in [0.15, 0.2) is 76.6 Å². The zero-order valence-corrected chi connectivity index (χ0v) is 15.8. The lowest BCUT2D eigenvalue weighted by Gasteiger charge is -2.14. The molecule has 144 valence electrons. The van der Waals surface area contributed by atoms with E-state index < -0.39 is 20.6 Å². The Kier molecular flexibility index (Phi) is 5.01. The van der Waals surface area contributed by atoms with Gasteiger partial charge in [0.25, 0.3) is 0 Å². The standard InChI is InChI=1S/C19H18N3O5S/c1-3-16(23)22(2,24)19-21-17(18(27-19)13-9-5-4-6-10-13)14-11-7-8-12-15(14)28(20,25)26/h3-12,24H,1H2,2H3,(H2,20,25,26)/q+1. The van der Waals surface area contributed by atoms with Gasteiger partial charge in [0.2, 0.25) is 10.0 Å². The molecule has 0 aliphatic heterocycles. The number of nitrogens with zero attached hydrogens (tertiary/aromatic N) is 2. The van der Waals surface area contributed by atoms with Gasteiger partial charge in [0, 0.05) is 17.2 Å². The molecule has 0 fully saturated rings. The van der Waals surface area contributed by atoms with E-state index in [9.17, 15) is 18.4 Å². The van der Waals surface area contributed by atoms with Crippen molar-refractivity contribution in [1.29, 1.82) is 0 Å². The fourth-order valence-corrected chi connectivity index (χ4v) is 3.38. The number of sulfonamides is 1. The second-order valence-corrected chi connectivity index (χ2v) is 7.61. The third-order valence-corrected chi connectivity index (χ3v) is 5.05. The first-order valence-corrected chi connectivity index (χ1v) is 9.66. The van der Waals surface area contributed by atoms with Crippen LogP contribution in [0.4, 0.5) is 6.01 Å². The number of oxazole rings is 1. The van der Waals surface area contributed by atoms with Gasteiger partial charge in [-0.05, 0) is 10.7 Å². The Labute approximate surface area is 161 Å². The van der Waals surface area contributed by atoms with E-state index >= 15 is 0 Å². The van der Waals surface area contributed by atoms with E-state index in [2.05, 4.69) is 11.6 Å². The quantitative estimate of drug-likeness (QED) is 0.294. The summed E-state index contributed by atoms with van der Waals surface area (Å²) in [6.45, 7) is 3.35. The number of carbonyl (C=O) groups is 1. The number of hydroxylamine groups is 2. The average Bonchev–Trinajstić information content (AvgIpc) is 3.13. The Morgan fingerprint density at radius 2 is 1.79 bits per heavy atom. The number of primary sulfonamides is 1. The van der Waals surface area contributed by atoms with Crippen molar-refractivity contribution in [2.75, 3.05) is 7.05 Å². The summed E-state index contributed by atoms with van der Waals surface area (Å²) in [5.41, 5.74) is 0.887. The van der Waals surface area contributed by atoms with Crippen molar-refractivity contribution in [3.8, 4) is 22.6 Å². The van der Waals surface area contributed by atoms with E-state index in [0.717, 1.165) is 6.08 Å². The Bertz CT molecular complexity index is 1150. The van der Waals surface area contributed by atoms with Gasteiger partial charge in [-0.25, -0.2) is 18.4 Å². The summed E-state index contributed by atoms with van der Waals surface area (Å²) >= 11 is 0. The van der Waals surface area contributed by atoms with Crippen LogP contribution in [0.5, 0.6) is 0 Å². The van der Waals surface area contributed by atoms with Crippen LogP contribution < -0.4 is 9.79 Å². The summed E-state index contributed by atoms with van der Waals surface area (Å²) < 4.78 is 28.5. The second kappa shape index (κ2) is 7.13. The molecule has 1 aromatic heterocycles. The predicted molar refractivity (Wildman–Crippen MR) is 103 cm³/mol. The molecule has 3 aromatic rings. The molecule has 0 radical (unpaired) electrons. The summed E-state index contributed by atoms with van der Waals surface area (Å²) in [4.78, 5) is 16.1. The minimum atomic E-state index is -4.06. The highest BCUT2D eigenvalue weighted by Gasteiger charge is 2.39. The fraction of sp³-hybridized carbons (Fsp3) is 0.0526. The molecule has 0 saturated carbocycles. The van der Waals surface area contributed by atoms with Crippen LogP contribution in [0.2, 0.25) is 0 Å². The lowest BCUT2D eigenvalue weighted by molar-refractivity contribution is -0.153. The molecule has 0 aliphatic rings. The summed E-state index contributed by atoms with van der Waals surface area (Å²) in [6, 6.07) is 14.4. The van der Waals surface area contributed by atoms with Crippen molar-refractivity contribution in [2.45, 2.75) is 4.90 Å². The van der Waals surface area contributed by atoms with Crippen molar-refractivity contribution in [1.82, 2.24) is 9.63 Å². The summed E-state index contributed by atoms with van der Waals surface area (Å²) in [6.07, 6.45) is 0.935. The molecular weight excluding hydrogens is 382 g/mol. The third kappa shape index (κ3) is 3.51. The van der Waals surface area contributed by atoms with Crippen molar-refractivity contribution in [3.63, 3.8) is 0 Å². The number of amides is 1. The van der Waals surface area contributed by atoms with E-state index in [1.807, 2.05) is 0 Å². The molecular formula is C19H18N3O5S+. The number of rotatable bonds is 5. The average molecular weight is 400 g/mol. The zero-order chi connectivity index (χ0) is 20.5. The minimum Gasteiger partial charge on any atom is -0.392 e. The van der Waals surface area contributed by atoms with Crippen LogP contribution in [0.1, 0.15) is 0 Å². The van der Waals surface area contributed by atoms with Crippen molar-refractivity contribution in [2.24, 2.45) is 5.14 Å². The highest BCUT2D eigenvalue weighted by molar-refractivity contribution is 7.89. The molecule has 1 amide bonds. The Balaban J connectivity index is 2.33. The van der Waals surface area contributed by atoms with Gasteiger partial charge in [-0.3, -0.25) is 0 Å². The molecule has 1 unspecified atom stereocenters. The topological polar surface area (TPSA) is 123 Å². The number of hydrogen-bond acceptors (Lipinski definition) is 6. The largest absolute Gasteiger partial charge is 0.446 e. The number of nitrogens with two attached hydrogens (primary N) is 1. The maximum atomic E-state index is 12.0. The second-order valence-electron chi connectivity index (χ2n) is 6.08. The molecule has 28 heavy (non-hydrogen) atoms. The predicted octanol–water partition coefficient (Wildman–Crippen LogP) is 2.69. The minimum absolute atomic E-state index is 0.126. The van der Waals surface area contributed by atoms with E-state index in [4.69, 9.17) is 9.56 Å². The summed E-state index contributed by atoms with van der Waals surface area (Å²) in [7, 11) is -2.89. The Morgan fingerprint density at radius 1 is 1.18 bits per heavy atom. The van der Waals surface area contributed by atoms with Crippen LogP contribution in [0.3, 0.4) is 0 Å². The fourth-order valence-electron chi connectivity index (χ4n) is 2.65. The van der Waals surface area contributed by atoms with Gasteiger partial charge < -0.3 is 4.42 Å². The van der Waals surface area contributed by atoms with Gasteiger partial charge in [-0.2, -0.15) is 10.2 Å². The molecule has 8 nitrogen and oxygen atoms in total. The highest BCUT2D eigenvalue weighted by Crippen LogP contribution is 2.38. The molecule has 1 atom stereocenters. The highest BCUT2D eigenvalue weighted by atomic mass is 32.2. The molecule has 0 bridgehead atoms. The van der Waals surface area contributed by atoms with E-state index in [-0.39, 0.29) is 27.9 Å². The maximum Gasteiger partial charge on any atom is 0.446 e. The van der Waals surface area contributed by atoms with Crippen LogP contribution in [-0.2, 0) is 14.8 Å². The van der Waals surface area contributed by atoms with Gasteiger partial charge in [0.1, 0.15) is 12.7 Å². The Morgan fingerprint density at radius 3 is 2.39 bits per heavy atom. The molecule has 1 heterocycles. The first-order chi connectivity index (χ1) is 13.2. The maximum absolute atomic E-state index is 12.0. The SMILES string of the molecule is C=CC(=O)[N+](C)(O)c1nc(-c2ccccc2S(N)(=O)=O)c(-c2ccccc2)o1. The van der Waals surface area contributed by atoms with Gasteiger partial charge in [0.05, 0.1) is 4.90 Å². The van der Waals surface area contributed by atoms with E-state index in [0.29, 0.717) is 5.56 Å². The zero-order valence-electron chi connectivity index (χ0n) is 14.9. The molecule has 9 heteroatoms. The smallest absolute Gasteiger partial charge is 0.392 e. The lowest BCUT2D eigenvalue weighted by atomic mass is 10.1. The van der Waals surface area contributed by atoms with Crippen molar-refractivity contribution >= 4 is 21.9 Å². The van der Waals surface area contributed by atoms with Crippen LogP contribution in [0.25, 0.3) is 22.6 Å². The molecule has 0 saturated heterocycles. The number of quaternary nitrogens is 1. The molecule has 2 aromatic carbocycles. The van der Waals surface area contributed by atoms with Crippen LogP contribution in [0, 0.1) is 0 Å². The van der Waals surface area contributed by atoms with Crippen LogP contribution >= 0.6 is 0 Å². The number of benzene rings is 2. The van der Waals surface area contributed by atoms with Crippen LogP contribution in [-0.4, -0.2) is 31.6 Å². The molecule has 0 spiro atoms. The van der Waals surface area contributed by atoms with Crippen molar-refractivity contribution in [3.05, 3.63) is 67.3 Å². The number of aromatic nitrogens is 1. The summed E-state index contributed by atoms with van der Waals surface area (Å²) in [5, 5.41) is 15.9. The normalized spacial score (nSPS) is 13.7. The van der Waals surface area contributed by atoms with Crippen molar-refractivity contribution < 1.29 is 22.8 Å². The number of hydrogen-bond donors (Lipinski definition) is 2. The lowest BCUT2D eigenvalue weighted by Crippen LogP contribution is -2.46. The molecule has 3 N–H and O–H groups in total. The number of carbonyl (C=O) groups excluding carboxylic acids is 1. The first kappa shape index (κ1) is 19.6. The monoisotopic (exact) mass is 400 g/mol. The first-order valence-electron chi connectivity index (χ1n) is 8.11. The van der Waals surface area contributed by atoms with E-state index in [1.54, 1.807) is 36.4 Å². The summed E-state index contributed by atoms with van der Waals surface area (Å²) in [5.74, 6) is -0.589. The van der Waals surface area contributed by atoms with E-state index in [1.165, 1.54) is 25.2 Å². The Hall–Kier alpha value is -3.11. The van der Waals surface area contributed by atoms with Gasteiger partial charge in [-0.1, -0.05) is 55.1 Å².